The predicted octanol–water partition coefficient (Wildman–Crippen LogP) is 2.71. The van der Waals surface area contributed by atoms with Crippen LogP contribution >= 0.6 is 11.3 Å². The Hall–Kier alpha value is -1.56. The highest BCUT2D eigenvalue weighted by Crippen LogP contribution is 2.27. The molecule has 0 bridgehead atoms. The maximum Gasteiger partial charge on any atom is 0.220 e. The van der Waals surface area contributed by atoms with Crippen LogP contribution in [0, 0.1) is 5.92 Å². The molecule has 1 aliphatic rings. The molecule has 1 unspecified atom stereocenters. The molecule has 1 heterocycles. The molecule has 5 nitrogen and oxygen atoms in total. The SMILES string of the molecule is CN=C(NCCNC(=O)CC1CCCC1)NCC(C)c1ccsc1. The first-order valence-corrected chi connectivity index (χ1v) is 9.86. The van der Waals surface area contributed by atoms with Crippen molar-refractivity contribution in [2.45, 2.75) is 44.9 Å². The molecule has 1 atom stereocenters. The van der Waals surface area contributed by atoms with Gasteiger partial charge in [0.1, 0.15) is 0 Å². The highest BCUT2D eigenvalue weighted by atomic mass is 32.1. The first-order valence-electron chi connectivity index (χ1n) is 8.92. The molecule has 0 saturated heterocycles. The maximum atomic E-state index is 11.9. The molecule has 1 aliphatic carbocycles. The molecule has 24 heavy (non-hydrogen) atoms. The third-order valence-corrected chi connectivity index (χ3v) is 5.30. The molecule has 6 heteroatoms. The zero-order chi connectivity index (χ0) is 17.2. The molecular formula is C18H30N4OS. The maximum absolute atomic E-state index is 11.9. The van der Waals surface area contributed by atoms with E-state index in [1.54, 1.807) is 18.4 Å². The van der Waals surface area contributed by atoms with Crippen LogP contribution in [0.25, 0.3) is 0 Å². The molecule has 1 aromatic rings. The normalized spacial score (nSPS) is 16.8. The quantitative estimate of drug-likeness (QED) is 0.384. The van der Waals surface area contributed by atoms with E-state index in [9.17, 15) is 4.79 Å². The Labute approximate surface area is 149 Å². The third-order valence-electron chi connectivity index (χ3n) is 4.60. The number of carbonyl (C=O) groups is 1. The van der Waals surface area contributed by atoms with Crippen molar-refractivity contribution >= 4 is 23.2 Å². The zero-order valence-corrected chi connectivity index (χ0v) is 15.6. The summed E-state index contributed by atoms with van der Waals surface area (Å²) in [5.41, 5.74) is 1.35. The first-order chi connectivity index (χ1) is 11.7. The summed E-state index contributed by atoms with van der Waals surface area (Å²) in [5.74, 6) is 2.01. The van der Waals surface area contributed by atoms with E-state index in [-0.39, 0.29) is 5.91 Å². The van der Waals surface area contributed by atoms with Crippen molar-refractivity contribution in [1.82, 2.24) is 16.0 Å². The molecule has 0 spiro atoms. The summed E-state index contributed by atoms with van der Waals surface area (Å²) in [6.07, 6.45) is 5.68. The highest BCUT2D eigenvalue weighted by Gasteiger charge is 2.17. The first kappa shape index (κ1) is 18.8. The average Bonchev–Trinajstić information content (AvgIpc) is 3.27. The van der Waals surface area contributed by atoms with Gasteiger partial charge in [-0.15, -0.1) is 0 Å². The molecule has 0 aromatic carbocycles. The lowest BCUT2D eigenvalue weighted by Crippen LogP contribution is -2.42. The minimum absolute atomic E-state index is 0.178. The number of amides is 1. The van der Waals surface area contributed by atoms with E-state index in [0.29, 0.717) is 31.3 Å². The van der Waals surface area contributed by atoms with E-state index in [4.69, 9.17) is 0 Å². The standard InChI is InChI=1S/C18H30N4OS/c1-14(16-7-10-24-13-16)12-22-18(19-2)21-9-8-20-17(23)11-15-5-3-4-6-15/h7,10,13-15H,3-6,8-9,11-12H2,1-2H3,(H,20,23)(H2,19,21,22). The van der Waals surface area contributed by atoms with Gasteiger partial charge in [0.25, 0.3) is 0 Å². The van der Waals surface area contributed by atoms with Gasteiger partial charge in [0.05, 0.1) is 0 Å². The summed E-state index contributed by atoms with van der Waals surface area (Å²) in [5, 5.41) is 13.9. The fourth-order valence-corrected chi connectivity index (χ4v) is 3.86. The van der Waals surface area contributed by atoms with Gasteiger partial charge < -0.3 is 16.0 Å². The van der Waals surface area contributed by atoms with Crippen molar-refractivity contribution in [1.29, 1.82) is 0 Å². The molecule has 3 N–H and O–H groups in total. The molecule has 0 radical (unpaired) electrons. The van der Waals surface area contributed by atoms with Gasteiger partial charge in [-0.3, -0.25) is 9.79 Å². The number of carbonyl (C=O) groups excluding carboxylic acids is 1. The molecule has 0 aliphatic heterocycles. The van der Waals surface area contributed by atoms with Gasteiger partial charge in [-0.05, 0) is 47.1 Å². The Morgan fingerprint density at radius 1 is 1.29 bits per heavy atom. The summed E-state index contributed by atoms with van der Waals surface area (Å²) in [4.78, 5) is 16.1. The van der Waals surface area contributed by atoms with Crippen molar-refractivity contribution in [2.24, 2.45) is 10.9 Å². The second-order valence-electron chi connectivity index (χ2n) is 6.54. The number of nitrogens with one attached hydrogen (secondary N) is 3. The van der Waals surface area contributed by atoms with Gasteiger partial charge in [0, 0.05) is 33.1 Å². The van der Waals surface area contributed by atoms with Gasteiger partial charge in [0.15, 0.2) is 5.96 Å². The molecule has 1 amide bonds. The van der Waals surface area contributed by atoms with Gasteiger partial charge in [-0.1, -0.05) is 19.8 Å². The Kier molecular flexibility index (Phi) is 8.08. The van der Waals surface area contributed by atoms with E-state index < -0.39 is 0 Å². The van der Waals surface area contributed by atoms with E-state index in [2.05, 4.69) is 44.7 Å². The summed E-state index contributed by atoms with van der Waals surface area (Å²) in [6, 6.07) is 2.16. The fourth-order valence-electron chi connectivity index (χ4n) is 3.08. The van der Waals surface area contributed by atoms with E-state index in [0.717, 1.165) is 12.5 Å². The molecule has 1 saturated carbocycles. The van der Waals surface area contributed by atoms with E-state index >= 15 is 0 Å². The number of thiophene rings is 1. The Bertz CT molecular complexity index is 509. The molecular weight excluding hydrogens is 320 g/mol. The van der Waals surface area contributed by atoms with Crippen LogP contribution in [0.4, 0.5) is 0 Å². The fraction of sp³-hybridized carbons (Fsp3) is 0.667. The van der Waals surface area contributed by atoms with Crippen LogP contribution in [0.15, 0.2) is 21.8 Å². The van der Waals surface area contributed by atoms with Crippen molar-refractivity contribution < 1.29 is 4.79 Å². The highest BCUT2D eigenvalue weighted by molar-refractivity contribution is 7.07. The molecule has 134 valence electrons. The van der Waals surface area contributed by atoms with E-state index in [1.165, 1.54) is 31.2 Å². The minimum atomic E-state index is 0.178. The minimum Gasteiger partial charge on any atom is -0.356 e. The van der Waals surface area contributed by atoms with Crippen molar-refractivity contribution in [3.8, 4) is 0 Å². The molecule has 1 fully saturated rings. The number of aliphatic imine (C=N–C) groups is 1. The lowest BCUT2D eigenvalue weighted by Gasteiger charge is -2.16. The monoisotopic (exact) mass is 350 g/mol. The average molecular weight is 351 g/mol. The van der Waals surface area contributed by atoms with Crippen LogP contribution in [0.3, 0.4) is 0 Å². The number of guanidine groups is 1. The Morgan fingerprint density at radius 3 is 2.71 bits per heavy atom. The van der Waals surface area contributed by atoms with E-state index in [1.807, 2.05) is 0 Å². The van der Waals surface area contributed by atoms with Crippen LogP contribution in [-0.4, -0.2) is 38.5 Å². The van der Waals surface area contributed by atoms with Gasteiger partial charge in [-0.2, -0.15) is 11.3 Å². The summed E-state index contributed by atoms with van der Waals surface area (Å²) in [6.45, 7) is 4.35. The lowest BCUT2D eigenvalue weighted by atomic mass is 10.0. The zero-order valence-electron chi connectivity index (χ0n) is 14.8. The van der Waals surface area contributed by atoms with Crippen LogP contribution in [0.2, 0.25) is 0 Å². The van der Waals surface area contributed by atoms with Crippen LogP contribution in [0.1, 0.15) is 50.5 Å². The summed E-state index contributed by atoms with van der Waals surface area (Å²) in [7, 11) is 1.77. The summed E-state index contributed by atoms with van der Waals surface area (Å²) < 4.78 is 0. The number of hydrogen-bond acceptors (Lipinski definition) is 3. The molecule has 2 rings (SSSR count). The van der Waals surface area contributed by atoms with Crippen LogP contribution in [0.5, 0.6) is 0 Å². The second-order valence-corrected chi connectivity index (χ2v) is 7.32. The number of rotatable bonds is 8. The van der Waals surface area contributed by atoms with Gasteiger partial charge in [-0.25, -0.2) is 0 Å². The predicted molar refractivity (Wildman–Crippen MR) is 102 cm³/mol. The number of nitrogens with zero attached hydrogens (tertiary/aromatic N) is 1. The second kappa shape index (κ2) is 10.3. The summed E-state index contributed by atoms with van der Waals surface area (Å²) >= 11 is 1.72. The third kappa shape index (κ3) is 6.51. The van der Waals surface area contributed by atoms with Crippen molar-refractivity contribution in [3.63, 3.8) is 0 Å². The number of hydrogen-bond donors (Lipinski definition) is 3. The largest absolute Gasteiger partial charge is 0.356 e. The van der Waals surface area contributed by atoms with Gasteiger partial charge in [0.2, 0.25) is 5.91 Å². The van der Waals surface area contributed by atoms with Crippen molar-refractivity contribution in [2.75, 3.05) is 26.7 Å². The Morgan fingerprint density at radius 2 is 2.04 bits per heavy atom. The smallest absolute Gasteiger partial charge is 0.220 e. The van der Waals surface area contributed by atoms with Crippen LogP contribution in [-0.2, 0) is 4.79 Å². The Balaban J connectivity index is 1.57. The van der Waals surface area contributed by atoms with Crippen molar-refractivity contribution in [3.05, 3.63) is 22.4 Å². The van der Waals surface area contributed by atoms with Crippen LogP contribution < -0.4 is 16.0 Å². The topological polar surface area (TPSA) is 65.5 Å². The lowest BCUT2D eigenvalue weighted by molar-refractivity contribution is -0.121. The van der Waals surface area contributed by atoms with Gasteiger partial charge >= 0.3 is 0 Å². The molecule has 1 aromatic heterocycles.